The van der Waals surface area contributed by atoms with Crippen LogP contribution < -0.4 is 42.1 Å². The molecule has 22 heteroatoms. The van der Waals surface area contributed by atoms with Gasteiger partial charge in [0.15, 0.2) is 23.3 Å². The molecule has 2 aliphatic carbocycles. The van der Waals surface area contributed by atoms with Crippen molar-refractivity contribution in [3.63, 3.8) is 0 Å². The van der Waals surface area contributed by atoms with Crippen molar-refractivity contribution >= 4 is 47.3 Å². The number of carbonyl (C=O) groups excluding carboxylic acids is 2. The number of rotatable bonds is 18. The predicted octanol–water partition coefficient (Wildman–Crippen LogP) is 4.74. The van der Waals surface area contributed by atoms with Gasteiger partial charge in [0, 0.05) is 77.3 Å². The van der Waals surface area contributed by atoms with Gasteiger partial charge >= 0.3 is 12.2 Å². The van der Waals surface area contributed by atoms with E-state index in [1.807, 2.05) is 23.6 Å². The van der Waals surface area contributed by atoms with Crippen LogP contribution in [0, 0.1) is 35.3 Å². The highest BCUT2D eigenvalue weighted by Gasteiger charge is 2.35. The lowest BCUT2D eigenvalue weighted by atomic mass is 9.92. The van der Waals surface area contributed by atoms with Crippen molar-refractivity contribution in [2.45, 2.75) is 129 Å². The monoisotopic (exact) mass is 955 g/mol. The second-order valence-corrected chi connectivity index (χ2v) is 19.3. The summed E-state index contributed by atoms with van der Waals surface area (Å²) in [6, 6.07) is 0.838. The number of anilines is 4. The molecule has 4 amide bonds. The molecular formula is C46H72F2N14O6. The fourth-order valence-corrected chi connectivity index (χ4v) is 11.0. The Bertz CT molecular complexity index is 1900. The third kappa shape index (κ3) is 13.4. The molecular weight excluding hydrogens is 883 g/mol. The minimum absolute atomic E-state index is 0.0166. The molecule has 6 aliphatic rings. The molecule has 376 valence electrons. The predicted molar refractivity (Wildman–Crippen MR) is 252 cm³/mol. The molecule has 6 heterocycles. The van der Waals surface area contributed by atoms with Gasteiger partial charge in [-0.2, -0.15) is 8.78 Å². The topological polar surface area (TPSA) is 245 Å². The molecule has 0 radical (unpaired) electrons. The third-order valence-electron chi connectivity index (χ3n) is 14.7. The fraction of sp³-hybridized carbons (Fsp3) is 0.739. The van der Waals surface area contributed by atoms with Crippen LogP contribution in [0.15, 0.2) is 0 Å². The first-order chi connectivity index (χ1) is 32.9. The van der Waals surface area contributed by atoms with Crippen LogP contribution in [0.5, 0.6) is 0 Å². The summed E-state index contributed by atoms with van der Waals surface area (Å²) in [4.78, 5) is 74.1. The molecule has 2 saturated carbocycles. The minimum atomic E-state index is -1.17. The number of piperazine rings is 2. The third-order valence-corrected chi connectivity index (χ3v) is 14.7. The number of fused-ring (bicyclic) bond motifs is 2. The van der Waals surface area contributed by atoms with Crippen molar-refractivity contribution in [1.82, 2.24) is 51.2 Å². The largest absolute Gasteiger partial charge is 0.465 e. The van der Waals surface area contributed by atoms with Crippen LogP contribution >= 0.6 is 0 Å². The van der Waals surface area contributed by atoms with Crippen molar-refractivity contribution in [3.05, 3.63) is 23.3 Å². The summed E-state index contributed by atoms with van der Waals surface area (Å²) in [5, 5.41) is 22.6. The smallest absolute Gasteiger partial charge is 0.404 e. The fourth-order valence-electron chi connectivity index (χ4n) is 11.0. The summed E-state index contributed by atoms with van der Waals surface area (Å²) in [5.41, 5.74) is 10.5. The Hall–Kier alpha value is -5.38. The number of nitrogens with zero attached hydrogens (tertiary/aromatic N) is 8. The molecule has 0 unspecified atom stereocenters. The molecule has 4 atom stereocenters. The number of amides is 4. The van der Waals surface area contributed by atoms with Gasteiger partial charge in [-0.25, -0.2) is 29.5 Å². The number of hydrazine groups is 2. The van der Waals surface area contributed by atoms with Crippen LogP contribution in [0.2, 0.25) is 0 Å². The maximum atomic E-state index is 15.5. The first-order valence-corrected chi connectivity index (χ1v) is 25.0. The zero-order chi connectivity index (χ0) is 48.2. The van der Waals surface area contributed by atoms with Crippen molar-refractivity contribution in [2.24, 2.45) is 23.7 Å². The molecule has 8 N–H and O–H groups in total. The Kier molecular flexibility index (Phi) is 18.0. The lowest BCUT2D eigenvalue weighted by Gasteiger charge is -2.38. The van der Waals surface area contributed by atoms with Gasteiger partial charge in [-0.15, -0.1) is 0 Å². The van der Waals surface area contributed by atoms with Gasteiger partial charge in [-0.1, -0.05) is 65.2 Å². The molecule has 6 fully saturated rings. The maximum absolute atomic E-state index is 15.5. The van der Waals surface area contributed by atoms with E-state index >= 15 is 8.78 Å². The molecule has 0 spiro atoms. The second kappa shape index (κ2) is 24.3. The van der Waals surface area contributed by atoms with E-state index in [0.29, 0.717) is 74.3 Å². The van der Waals surface area contributed by atoms with E-state index in [1.165, 1.54) is 12.8 Å². The molecule has 2 aromatic rings. The molecule has 4 aliphatic heterocycles. The van der Waals surface area contributed by atoms with Crippen LogP contribution in [-0.4, -0.2) is 141 Å². The number of aromatic nitrogens is 4. The second-order valence-electron chi connectivity index (χ2n) is 19.3. The molecule has 0 aromatic carbocycles. The SMILES string of the molecule is CCc1nc(NNC(=O)[C@@H](CNC(=O)O)CC2CCCC2)c(F)c(N2CCN3CCC[C@H]3C2)n1.CCc1nc(NNC(=O)[C@@H](CNC(=O)O)CC2CCCC2)c(F)c(N2CCN3CCC[C@H]3C2)n1. The number of halogens is 2. The van der Waals surface area contributed by atoms with Crippen molar-refractivity contribution < 1.29 is 38.2 Å². The summed E-state index contributed by atoms with van der Waals surface area (Å²) in [6.07, 6.45) is 13.2. The highest BCUT2D eigenvalue weighted by atomic mass is 19.1. The summed E-state index contributed by atoms with van der Waals surface area (Å²) in [7, 11) is 0. The normalized spacial score (nSPS) is 21.8. The van der Waals surface area contributed by atoms with E-state index in [4.69, 9.17) is 10.2 Å². The number of hydrogen-bond acceptors (Lipinski definition) is 14. The van der Waals surface area contributed by atoms with Crippen LogP contribution in [0.4, 0.5) is 41.6 Å². The molecule has 2 aromatic heterocycles. The minimum Gasteiger partial charge on any atom is -0.465 e. The highest BCUT2D eigenvalue weighted by molar-refractivity contribution is 5.81. The summed E-state index contributed by atoms with van der Waals surface area (Å²) < 4.78 is 30.9. The molecule has 20 nitrogen and oxygen atoms in total. The van der Waals surface area contributed by atoms with Crippen LogP contribution in [-0.2, 0) is 22.4 Å². The lowest BCUT2D eigenvalue weighted by molar-refractivity contribution is -0.125. The number of nitrogens with one attached hydrogen (secondary N) is 6. The summed E-state index contributed by atoms with van der Waals surface area (Å²) >= 11 is 0. The highest BCUT2D eigenvalue weighted by Crippen LogP contribution is 2.33. The zero-order valence-electron chi connectivity index (χ0n) is 39.7. The standard InChI is InChI=1S/2C23H36FN7O3/c2*1-2-18-26-20(19(24)21(27-18)31-11-10-30-9-5-8-17(30)14-31)28-29-22(32)16(13-25-23(33)34)12-15-6-3-4-7-15/h2*15-17,25H,2-14H2,1H3,(H,29,32)(H,33,34)(H,26,27,28)/t2*16-,17+/m11/s1. The number of carboxylic acid groups (broad SMARTS) is 2. The van der Waals surface area contributed by atoms with E-state index in [0.717, 1.165) is 103 Å². The molecule has 4 saturated heterocycles. The Balaban J connectivity index is 0.000000201. The average Bonchev–Trinajstić information content (AvgIpc) is 4.20. The van der Waals surface area contributed by atoms with E-state index in [1.54, 1.807) is 0 Å². The number of hydrogen-bond donors (Lipinski definition) is 8. The van der Waals surface area contributed by atoms with Gasteiger partial charge in [0.05, 0.1) is 11.8 Å². The first-order valence-electron chi connectivity index (χ1n) is 25.0. The van der Waals surface area contributed by atoms with Crippen LogP contribution in [0.3, 0.4) is 0 Å². The van der Waals surface area contributed by atoms with Crippen molar-refractivity contribution in [2.75, 3.05) is 86.1 Å². The van der Waals surface area contributed by atoms with Crippen LogP contribution in [0.25, 0.3) is 0 Å². The Morgan fingerprint density at radius 3 is 1.34 bits per heavy atom. The van der Waals surface area contributed by atoms with Gasteiger partial charge in [-0.3, -0.25) is 41.1 Å². The Morgan fingerprint density at radius 2 is 0.971 bits per heavy atom. The van der Waals surface area contributed by atoms with Gasteiger partial charge in [0.1, 0.15) is 11.6 Å². The van der Waals surface area contributed by atoms with Gasteiger partial charge in [-0.05, 0) is 63.5 Å². The lowest BCUT2D eigenvalue weighted by Crippen LogP contribution is -2.50. The molecule has 8 rings (SSSR count). The molecule has 0 bridgehead atoms. The number of carbonyl (C=O) groups is 4. The van der Waals surface area contributed by atoms with Crippen LogP contribution in [0.1, 0.15) is 115 Å². The van der Waals surface area contributed by atoms with Gasteiger partial charge in [0.25, 0.3) is 0 Å². The Morgan fingerprint density at radius 1 is 0.574 bits per heavy atom. The van der Waals surface area contributed by atoms with Crippen molar-refractivity contribution in [3.8, 4) is 0 Å². The van der Waals surface area contributed by atoms with E-state index in [2.05, 4.69) is 62.1 Å². The van der Waals surface area contributed by atoms with E-state index in [9.17, 15) is 19.2 Å². The summed E-state index contributed by atoms with van der Waals surface area (Å²) in [6.45, 7) is 10.7. The molecule has 68 heavy (non-hydrogen) atoms. The van der Waals surface area contributed by atoms with Crippen molar-refractivity contribution in [1.29, 1.82) is 0 Å². The zero-order valence-corrected chi connectivity index (χ0v) is 39.7. The first kappa shape index (κ1) is 50.5. The quantitative estimate of drug-likeness (QED) is 0.0941. The summed E-state index contributed by atoms with van der Waals surface area (Å²) in [5.74, 6) is -0.802. The maximum Gasteiger partial charge on any atom is 0.404 e. The Labute approximate surface area is 397 Å². The number of aryl methyl sites for hydroxylation is 2. The average molecular weight is 955 g/mol. The van der Waals surface area contributed by atoms with E-state index in [-0.39, 0.29) is 48.2 Å². The van der Waals surface area contributed by atoms with Gasteiger partial charge in [0.2, 0.25) is 23.4 Å². The van der Waals surface area contributed by atoms with E-state index < -0.39 is 35.7 Å². The van der Waals surface area contributed by atoms with Gasteiger partial charge < -0.3 is 30.6 Å².